The molecule has 27 heavy (non-hydrogen) atoms. The molecular weight excluding hydrogens is 346 g/mol. The highest BCUT2D eigenvalue weighted by atomic mass is 16.5. The number of anilines is 1. The fourth-order valence-corrected chi connectivity index (χ4v) is 2.46. The van der Waals surface area contributed by atoms with E-state index in [2.05, 4.69) is 30.5 Å². The summed E-state index contributed by atoms with van der Waals surface area (Å²) in [7, 11) is 0. The zero-order chi connectivity index (χ0) is 18.5. The first-order valence-corrected chi connectivity index (χ1v) is 8.28. The van der Waals surface area contributed by atoms with E-state index in [-0.39, 0.29) is 12.3 Å². The molecule has 0 aliphatic rings. The molecular formula is C18H15N7O2. The summed E-state index contributed by atoms with van der Waals surface area (Å²) in [6.45, 7) is 0. The third-order valence-electron chi connectivity index (χ3n) is 3.71. The molecule has 0 atom stereocenters. The van der Waals surface area contributed by atoms with Gasteiger partial charge in [-0.2, -0.15) is 10.1 Å². The van der Waals surface area contributed by atoms with Gasteiger partial charge in [-0.15, -0.1) is 0 Å². The van der Waals surface area contributed by atoms with Gasteiger partial charge in [0.15, 0.2) is 5.82 Å². The first kappa shape index (κ1) is 16.6. The maximum Gasteiger partial charge on any atom is 0.227 e. The molecule has 0 fully saturated rings. The van der Waals surface area contributed by atoms with Crippen LogP contribution >= 0.6 is 0 Å². The van der Waals surface area contributed by atoms with Crippen LogP contribution in [0, 0.1) is 0 Å². The molecule has 4 heterocycles. The van der Waals surface area contributed by atoms with Crippen LogP contribution in [0.25, 0.3) is 17.3 Å². The molecule has 134 valence electrons. The van der Waals surface area contributed by atoms with Crippen LogP contribution < -0.4 is 5.32 Å². The van der Waals surface area contributed by atoms with Crippen molar-refractivity contribution in [2.45, 2.75) is 12.8 Å². The minimum Gasteiger partial charge on any atom is -0.339 e. The molecule has 1 amide bonds. The smallest absolute Gasteiger partial charge is 0.227 e. The number of aromatic nitrogens is 6. The van der Waals surface area contributed by atoms with Gasteiger partial charge < -0.3 is 9.84 Å². The van der Waals surface area contributed by atoms with Gasteiger partial charge in [0.1, 0.15) is 5.69 Å². The summed E-state index contributed by atoms with van der Waals surface area (Å²) < 4.78 is 6.78. The van der Waals surface area contributed by atoms with E-state index >= 15 is 0 Å². The van der Waals surface area contributed by atoms with Crippen molar-refractivity contribution in [1.29, 1.82) is 0 Å². The first-order valence-electron chi connectivity index (χ1n) is 8.28. The number of amides is 1. The molecule has 9 heteroatoms. The number of nitrogens with one attached hydrogen (secondary N) is 1. The quantitative estimate of drug-likeness (QED) is 0.561. The van der Waals surface area contributed by atoms with Gasteiger partial charge >= 0.3 is 0 Å². The Labute approximate surface area is 154 Å². The second-order valence-electron chi connectivity index (χ2n) is 5.60. The van der Waals surface area contributed by atoms with Crippen LogP contribution in [-0.2, 0) is 11.2 Å². The molecule has 0 spiro atoms. The average Bonchev–Trinajstić information content (AvgIpc) is 3.40. The Bertz CT molecular complexity index is 1030. The van der Waals surface area contributed by atoms with Gasteiger partial charge in [0.05, 0.1) is 5.69 Å². The Morgan fingerprint density at radius 2 is 2.00 bits per heavy atom. The lowest BCUT2D eigenvalue weighted by molar-refractivity contribution is -0.116. The highest BCUT2D eigenvalue weighted by Gasteiger charge is 2.13. The number of hydrogen-bond donors (Lipinski definition) is 1. The van der Waals surface area contributed by atoms with Crippen LogP contribution in [0.1, 0.15) is 12.3 Å². The van der Waals surface area contributed by atoms with Gasteiger partial charge in [0.25, 0.3) is 0 Å². The van der Waals surface area contributed by atoms with Gasteiger partial charge in [-0.1, -0.05) is 11.2 Å². The lowest BCUT2D eigenvalue weighted by Crippen LogP contribution is -2.15. The summed E-state index contributed by atoms with van der Waals surface area (Å²) in [5.74, 6) is 1.14. The zero-order valence-corrected chi connectivity index (χ0v) is 14.2. The van der Waals surface area contributed by atoms with E-state index in [4.69, 9.17) is 4.52 Å². The number of pyridine rings is 2. The normalized spacial score (nSPS) is 10.7. The third-order valence-corrected chi connectivity index (χ3v) is 3.71. The molecule has 0 saturated carbocycles. The Hall–Kier alpha value is -3.88. The fourth-order valence-electron chi connectivity index (χ4n) is 2.46. The van der Waals surface area contributed by atoms with Crippen molar-refractivity contribution in [3.8, 4) is 17.3 Å². The maximum atomic E-state index is 12.3. The van der Waals surface area contributed by atoms with E-state index in [1.165, 1.54) is 0 Å². The highest BCUT2D eigenvalue weighted by molar-refractivity contribution is 5.92. The summed E-state index contributed by atoms with van der Waals surface area (Å²) >= 11 is 0. The van der Waals surface area contributed by atoms with E-state index in [9.17, 15) is 4.79 Å². The summed E-state index contributed by atoms with van der Waals surface area (Å²) in [5.41, 5.74) is 1.20. The van der Waals surface area contributed by atoms with Crippen LogP contribution in [0.5, 0.6) is 0 Å². The first-order chi connectivity index (χ1) is 13.3. The Morgan fingerprint density at radius 1 is 1.07 bits per heavy atom. The van der Waals surface area contributed by atoms with Gasteiger partial charge in [-0.25, -0.2) is 9.67 Å². The Kier molecular flexibility index (Phi) is 4.64. The highest BCUT2D eigenvalue weighted by Crippen LogP contribution is 2.17. The van der Waals surface area contributed by atoms with Crippen molar-refractivity contribution in [2.75, 3.05) is 5.32 Å². The predicted molar refractivity (Wildman–Crippen MR) is 95.8 cm³/mol. The summed E-state index contributed by atoms with van der Waals surface area (Å²) in [6.07, 6.45) is 7.22. The van der Waals surface area contributed by atoms with Crippen LogP contribution in [0.2, 0.25) is 0 Å². The molecule has 9 nitrogen and oxygen atoms in total. The van der Waals surface area contributed by atoms with E-state index in [1.54, 1.807) is 53.7 Å². The molecule has 4 rings (SSSR count). The summed E-state index contributed by atoms with van der Waals surface area (Å²) in [6, 6.07) is 10.8. The topological polar surface area (TPSA) is 112 Å². The van der Waals surface area contributed by atoms with Crippen LogP contribution in [0.15, 0.2) is 65.7 Å². The monoisotopic (exact) mass is 361 g/mol. The number of carbonyl (C=O) groups excluding carboxylic acids is 1. The number of hydrogen-bond acceptors (Lipinski definition) is 7. The van der Waals surface area contributed by atoms with E-state index < -0.39 is 0 Å². The van der Waals surface area contributed by atoms with Crippen molar-refractivity contribution in [3.63, 3.8) is 0 Å². The van der Waals surface area contributed by atoms with Gasteiger partial charge in [-0.3, -0.25) is 9.78 Å². The van der Waals surface area contributed by atoms with Gasteiger partial charge in [0.2, 0.25) is 17.6 Å². The Balaban J connectivity index is 1.39. The lowest BCUT2D eigenvalue weighted by Gasteiger charge is -2.09. The third kappa shape index (κ3) is 3.87. The average molecular weight is 361 g/mol. The number of carbonyl (C=O) groups is 1. The summed E-state index contributed by atoms with van der Waals surface area (Å²) in [4.78, 5) is 25.0. The van der Waals surface area contributed by atoms with Crippen molar-refractivity contribution in [3.05, 3.63) is 67.1 Å². The molecule has 0 aliphatic carbocycles. The largest absolute Gasteiger partial charge is 0.339 e. The number of rotatable bonds is 6. The van der Waals surface area contributed by atoms with E-state index in [1.807, 2.05) is 12.1 Å². The lowest BCUT2D eigenvalue weighted by atomic mass is 10.2. The van der Waals surface area contributed by atoms with E-state index in [0.717, 1.165) is 0 Å². The van der Waals surface area contributed by atoms with Crippen molar-refractivity contribution in [1.82, 2.24) is 29.9 Å². The molecule has 0 aromatic carbocycles. The van der Waals surface area contributed by atoms with Crippen molar-refractivity contribution in [2.24, 2.45) is 0 Å². The standard InChI is InChI=1S/C18H15N7O2/c26-15(22-14-6-3-10-20-18(14)25-12-4-11-21-25)7-8-16-23-17(24-27-16)13-5-1-2-9-19-13/h1-6,9-12H,7-8H2,(H,22,26). The molecule has 0 bridgehead atoms. The minimum absolute atomic E-state index is 0.186. The number of nitrogens with zero attached hydrogens (tertiary/aromatic N) is 6. The van der Waals surface area contributed by atoms with E-state index in [0.29, 0.717) is 35.3 Å². The fraction of sp³-hybridized carbons (Fsp3) is 0.111. The molecule has 0 unspecified atom stereocenters. The molecule has 0 radical (unpaired) electrons. The van der Waals surface area contributed by atoms with Crippen LogP contribution in [0.3, 0.4) is 0 Å². The van der Waals surface area contributed by atoms with Gasteiger partial charge in [-0.05, 0) is 30.3 Å². The molecule has 0 saturated heterocycles. The molecule has 1 N–H and O–H groups in total. The van der Waals surface area contributed by atoms with Crippen LogP contribution in [-0.4, -0.2) is 35.8 Å². The molecule has 0 aliphatic heterocycles. The maximum absolute atomic E-state index is 12.3. The SMILES string of the molecule is O=C(CCc1nc(-c2ccccn2)no1)Nc1cccnc1-n1cccn1. The second-order valence-corrected chi connectivity index (χ2v) is 5.60. The second kappa shape index (κ2) is 7.56. The van der Waals surface area contributed by atoms with Gasteiger partial charge in [0, 0.05) is 37.6 Å². The number of aryl methyl sites for hydroxylation is 1. The van der Waals surface area contributed by atoms with Crippen LogP contribution in [0.4, 0.5) is 5.69 Å². The predicted octanol–water partition coefficient (Wildman–Crippen LogP) is 2.28. The Morgan fingerprint density at radius 3 is 2.81 bits per heavy atom. The molecule has 4 aromatic heterocycles. The molecule has 4 aromatic rings. The van der Waals surface area contributed by atoms with Crippen molar-refractivity contribution < 1.29 is 9.32 Å². The van der Waals surface area contributed by atoms with Crippen molar-refractivity contribution >= 4 is 11.6 Å². The minimum atomic E-state index is -0.186. The summed E-state index contributed by atoms with van der Waals surface area (Å²) in [5, 5.41) is 10.9. The zero-order valence-electron chi connectivity index (χ0n) is 14.2.